The average molecular weight is 1670 g/mol. The Morgan fingerprint density at radius 3 is 1.55 bits per heavy atom. The number of piperidine rings is 1. The third kappa shape index (κ3) is 42.9. The fourth-order valence-electron chi connectivity index (χ4n) is 12.1. The number of carbonyl (C=O) groups excluding carboxylic acids is 4. The van der Waals surface area contributed by atoms with Gasteiger partial charge in [-0.1, -0.05) is 200 Å². The molecule has 2 amide bonds. The number of pyridine rings is 5. The lowest BCUT2D eigenvalue weighted by Gasteiger charge is -2.31. The number of anilines is 3. The number of nitrogens with zero attached hydrogens (tertiary/aromatic N) is 10. The number of nitrogens with two attached hydrogens (primary N) is 1. The van der Waals surface area contributed by atoms with Crippen LogP contribution in [0.25, 0.3) is 5.70 Å². The smallest absolute Gasteiger partial charge is 0.242 e. The number of aryl methyl sites for hydroxylation is 1. The summed E-state index contributed by atoms with van der Waals surface area (Å²) in [6.45, 7) is 62.3. The second-order valence-corrected chi connectivity index (χ2v) is 37.2. The van der Waals surface area contributed by atoms with Crippen LogP contribution in [-0.4, -0.2) is 218 Å². The zero-order valence-electron chi connectivity index (χ0n) is 78.4. The molecule has 7 aromatic rings. The molecule has 1 unspecified atom stereocenters. The SMILES string of the molecule is C=C(N)c1cccc(C(C)(C)C)c1.CC(C(=O)Nc1ccc(C(C)(C)C)cn1)N1CCOCC1.CC(C)(C)c1ccc(CC(=O)CN2CCOCC2)nc1.CC(C)(C)c1ccc(NC2CCNCC2)nc1.CCCCn1cc(C(C)(C)C)cn1.COCCN(C)CC(=O)Nc1ccc(C(C)C)cn1.COCCNCC(=O)Cc1ccc(C(C)C)cn1. The van der Waals surface area contributed by atoms with E-state index in [0.717, 1.165) is 99.5 Å². The Morgan fingerprint density at radius 2 is 1.07 bits per heavy atom. The number of Topliss-reactive ketones (excluding diaryl/α,β-unsaturated/α-hetero) is 2. The minimum absolute atomic E-state index is 0.0205. The molecule has 24 nitrogen and oxygen atoms in total. The Bertz CT molecular complexity index is 4060. The van der Waals surface area contributed by atoms with E-state index in [4.69, 9.17) is 24.7 Å². The van der Waals surface area contributed by atoms with Crippen LogP contribution in [0.15, 0.2) is 135 Å². The van der Waals surface area contributed by atoms with Crippen molar-refractivity contribution in [3.63, 3.8) is 0 Å². The van der Waals surface area contributed by atoms with Crippen LogP contribution in [0.5, 0.6) is 0 Å². The first-order valence-corrected chi connectivity index (χ1v) is 43.5. The minimum Gasteiger partial charge on any atom is -0.399 e. The van der Waals surface area contributed by atoms with Crippen molar-refractivity contribution >= 4 is 46.5 Å². The van der Waals surface area contributed by atoms with Crippen LogP contribution in [0.2, 0.25) is 0 Å². The maximum absolute atomic E-state index is 12.3. The average Bonchev–Trinajstić information content (AvgIpc) is 1.80. The van der Waals surface area contributed by atoms with Crippen molar-refractivity contribution in [3.05, 3.63) is 191 Å². The number of unbranched alkanes of at least 4 members (excludes halogenated alkanes) is 1. The summed E-state index contributed by atoms with van der Waals surface area (Å²) in [4.78, 5) is 75.7. The molecule has 1 aromatic carbocycles. The molecule has 9 heterocycles. The van der Waals surface area contributed by atoms with Crippen LogP contribution >= 0.6 is 0 Å². The molecule has 0 bridgehead atoms. The van der Waals surface area contributed by atoms with E-state index in [1.807, 2.05) is 109 Å². The lowest BCUT2D eigenvalue weighted by molar-refractivity contribution is -0.122. The molecule has 6 aromatic heterocycles. The summed E-state index contributed by atoms with van der Waals surface area (Å²) in [6.07, 6.45) is 19.1. The Balaban J connectivity index is 0.000000298. The number of nitrogens with one attached hydrogen (secondary N) is 5. The first kappa shape index (κ1) is 105. The van der Waals surface area contributed by atoms with Gasteiger partial charge in [0.15, 0.2) is 11.6 Å². The summed E-state index contributed by atoms with van der Waals surface area (Å²) in [5.41, 5.74) is 18.3. The summed E-state index contributed by atoms with van der Waals surface area (Å²) >= 11 is 0. The van der Waals surface area contributed by atoms with E-state index in [1.165, 1.54) is 53.5 Å². The highest BCUT2D eigenvalue weighted by atomic mass is 16.5. The van der Waals surface area contributed by atoms with Gasteiger partial charge in [-0.3, -0.25) is 48.5 Å². The van der Waals surface area contributed by atoms with Crippen molar-refractivity contribution in [2.45, 2.75) is 241 Å². The number of aromatic nitrogens is 7. The molecule has 1 atom stereocenters. The van der Waals surface area contributed by atoms with Crippen molar-refractivity contribution in [2.24, 2.45) is 5.73 Å². The predicted octanol–water partition coefficient (Wildman–Crippen LogP) is 15.6. The predicted molar refractivity (Wildman–Crippen MR) is 497 cm³/mol. The molecule has 3 aliphatic heterocycles. The molecule has 670 valence electrons. The third-order valence-corrected chi connectivity index (χ3v) is 20.6. The van der Waals surface area contributed by atoms with Gasteiger partial charge in [-0.05, 0) is 166 Å². The van der Waals surface area contributed by atoms with Gasteiger partial charge in [-0.25, -0.2) is 15.0 Å². The number of rotatable bonds is 28. The Morgan fingerprint density at radius 1 is 0.587 bits per heavy atom. The molecule has 0 saturated carbocycles. The Kier molecular flexibility index (Phi) is 46.3. The molecule has 3 saturated heterocycles. The number of benzene rings is 1. The molecule has 0 radical (unpaired) electrons. The summed E-state index contributed by atoms with van der Waals surface area (Å²) in [5, 5.41) is 19.9. The van der Waals surface area contributed by atoms with Crippen molar-refractivity contribution in [1.82, 2.24) is 60.0 Å². The van der Waals surface area contributed by atoms with E-state index in [0.29, 0.717) is 101 Å². The van der Waals surface area contributed by atoms with Crippen LogP contribution in [0.4, 0.5) is 17.5 Å². The number of likely N-dealkylation sites (N-methyl/N-ethyl adjacent to an activating group) is 1. The number of morpholine rings is 2. The first-order valence-electron chi connectivity index (χ1n) is 43.5. The van der Waals surface area contributed by atoms with Crippen LogP contribution in [0.1, 0.15) is 239 Å². The normalized spacial score (nSPS) is 14.4. The second kappa shape index (κ2) is 53.5. The van der Waals surface area contributed by atoms with Crippen molar-refractivity contribution < 1.29 is 38.1 Å². The van der Waals surface area contributed by atoms with Gasteiger partial charge >= 0.3 is 0 Å². The second-order valence-electron chi connectivity index (χ2n) is 37.2. The maximum Gasteiger partial charge on any atom is 0.242 e. The van der Waals surface area contributed by atoms with Crippen LogP contribution in [0.3, 0.4) is 0 Å². The highest BCUT2D eigenvalue weighted by Crippen LogP contribution is 2.28. The quantitative estimate of drug-likeness (QED) is 0.0249. The van der Waals surface area contributed by atoms with Crippen LogP contribution in [-0.2, 0) is 84.6 Å². The molecule has 0 aliphatic carbocycles. The topological polar surface area (TPSA) is 283 Å². The van der Waals surface area contributed by atoms with Crippen LogP contribution < -0.4 is 32.3 Å². The number of hydrogen-bond donors (Lipinski definition) is 6. The molecular formula is C97H154N16O8. The largest absolute Gasteiger partial charge is 0.399 e. The molecule has 10 rings (SSSR count). The summed E-state index contributed by atoms with van der Waals surface area (Å²) < 4.78 is 22.5. The zero-order valence-corrected chi connectivity index (χ0v) is 78.4. The molecular weight excluding hydrogens is 1520 g/mol. The highest BCUT2D eigenvalue weighted by molar-refractivity contribution is 5.94. The number of ether oxygens (including phenoxy) is 4. The minimum atomic E-state index is -0.169. The summed E-state index contributed by atoms with van der Waals surface area (Å²) in [7, 11) is 5.17. The van der Waals surface area contributed by atoms with Crippen molar-refractivity contribution in [2.75, 3.05) is 149 Å². The first-order chi connectivity index (χ1) is 57.0. The molecule has 3 fully saturated rings. The van der Waals surface area contributed by atoms with Gasteiger partial charge in [-0.15, -0.1) is 0 Å². The van der Waals surface area contributed by atoms with E-state index in [9.17, 15) is 19.2 Å². The fourth-order valence-corrected chi connectivity index (χ4v) is 12.1. The Hall–Kier alpha value is -8.56. The van der Waals surface area contributed by atoms with Gasteiger partial charge in [0.1, 0.15) is 17.5 Å². The fraction of sp³-hybridized carbons (Fsp3) is 0.588. The van der Waals surface area contributed by atoms with Gasteiger partial charge < -0.3 is 51.3 Å². The molecule has 0 spiro atoms. The number of carbonyl (C=O) groups is 4. The monoisotopic (exact) mass is 1670 g/mol. The van der Waals surface area contributed by atoms with E-state index in [1.54, 1.807) is 20.4 Å². The van der Waals surface area contributed by atoms with Crippen molar-refractivity contribution in [3.8, 4) is 0 Å². The summed E-state index contributed by atoms with van der Waals surface area (Å²) in [5.74, 6) is 3.40. The zero-order chi connectivity index (χ0) is 89.9. The van der Waals surface area contributed by atoms with Crippen molar-refractivity contribution in [1.29, 1.82) is 0 Å². The van der Waals surface area contributed by atoms with Gasteiger partial charge in [0, 0.05) is 120 Å². The van der Waals surface area contributed by atoms with Gasteiger partial charge in [-0.2, -0.15) is 5.10 Å². The number of amides is 2. The molecule has 121 heavy (non-hydrogen) atoms. The van der Waals surface area contributed by atoms with E-state index >= 15 is 0 Å². The third-order valence-electron chi connectivity index (χ3n) is 20.6. The highest BCUT2D eigenvalue weighted by Gasteiger charge is 2.25. The lowest BCUT2D eigenvalue weighted by Crippen LogP contribution is -2.47. The maximum atomic E-state index is 12.3. The van der Waals surface area contributed by atoms with Gasteiger partial charge in [0.05, 0.1) is 84.4 Å². The number of ketones is 2. The van der Waals surface area contributed by atoms with E-state index in [2.05, 4.69) is 248 Å². The lowest BCUT2D eigenvalue weighted by atomic mass is 9.86. The van der Waals surface area contributed by atoms with Gasteiger partial charge in [0.25, 0.3) is 0 Å². The molecule has 7 N–H and O–H groups in total. The van der Waals surface area contributed by atoms with E-state index < -0.39 is 0 Å². The summed E-state index contributed by atoms with van der Waals surface area (Å²) in [6, 6.07) is 28.6. The van der Waals surface area contributed by atoms with Gasteiger partial charge in [0.2, 0.25) is 11.8 Å². The number of hydrogen-bond acceptors (Lipinski definition) is 21. The molecule has 24 heteroatoms. The van der Waals surface area contributed by atoms with Crippen LogP contribution in [0, 0.1) is 0 Å². The standard InChI is InChI=1S/C16H25N3O2.C16H24N2O2.C14H23N3O2.C14H23N3.C14H22N2O2.C12H17N.C11H20N2/c1-12(19-7-9-21-10-8-19)15(20)18-14-6-5-13(11-17-14)16(2,3)4;1-16(2,3)13-4-5-14(17-11-13)10-15(19)12-18-6-8-20-9-7-18;1-11(2)12-5-6-13(15-9-12)16-14(18)10-17(3)7-8-19-4;1-14(2,3)11-4-5-13(16-10-11)17-12-6-8-15-9-7-12;1-11(2)12-4-5-13(16-9-12)8-14(17)10-15-6-7-18-3;1-9(13)10-6-5-7-11(8-10)12(2,3)4;1-5-6-7-13-9-10(8-12-13)11(2,3)4/h5-6,11-12H,7-10H2,1-4H3,(H,17,18,20);4-5,11H,6-10,12H2,1-3H3;5-6,9,11H,7-8,10H2,1-4H3,(H,15,16,18);4-5,10,12,15H,6-9H2,1-3H3,(H,16,17);4-5,9,11,15H,6-8,10H2,1-3H3;5-8H,1,13H2,2-4H3;8-9H,5-7H2,1-4H3. The number of methoxy groups -OCH3 is 2. The van der Waals surface area contributed by atoms with E-state index in [-0.39, 0.29) is 56.5 Å². The Labute approximate surface area is 727 Å². The molecule has 3 aliphatic rings.